The van der Waals surface area contributed by atoms with E-state index in [-0.39, 0.29) is 6.61 Å². The van der Waals surface area contributed by atoms with Crippen LogP contribution in [0.2, 0.25) is 0 Å². The molecule has 4 atom stereocenters. The van der Waals surface area contributed by atoms with Crippen LogP contribution >= 0.6 is 11.3 Å². The molecular formula is C19H22F2N6O2S. The molecule has 1 aliphatic rings. The average Bonchev–Trinajstić information content (AvgIpc) is 3.32. The number of nitrogens with two attached hydrogens (primary N) is 1. The summed E-state index contributed by atoms with van der Waals surface area (Å²) >= 11 is 1.22. The first-order chi connectivity index (χ1) is 14.4. The van der Waals surface area contributed by atoms with E-state index >= 15 is 0 Å². The maximum Gasteiger partial charge on any atom is 0.169 e. The lowest BCUT2D eigenvalue weighted by Gasteiger charge is -2.19. The van der Waals surface area contributed by atoms with Crippen LogP contribution in [0, 0.1) is 5.82 Å². The van der Waals surface area contributed by atoms with Crippen molar-refractivity contribution in [3.05, 3.63) is 47.2 Å². The number of rotatable bonds is 5. The van der Waals surface area contributed by atoms with Gasteiger partial charge in [-0.1, -0.05) is 0 Å². The molecule has 11 heteroatoms. The Labute approximate surface area is 175 Å². The van der Waals surface area contributed by atoms with E-state index in [4.69, 9.17) is 10.5 Å². The molecule has 4 rings (SSSR count). The van der Waals surface area contributed by atoms with Crippen LogP contribution in [-0.4, -0.2) is 43.7 Å². The largest absolute Gasteiger partial charge is 0.369 e. The number of aliphatic hydroxyl groups is 1. The normalized spacial score (nSPS) is 23.2. The summed E-state index contributed by atoms with van der Waals surface area (Å²) in [7, 11) is 1.75. The van der Waals surface area contributed by atoms with Gasteiger partial charge in [0, 0.05) is 30.2 Å². The highest BCUT2D eigenvalue weighted by molar-refractivity contribution is 7.13. The molecule has 1 unspecified atom stereocenters. The van der Waals surface area contributed by atoms with Crippen molar-refractivity contribution in [1.29, 1.82) is 0 Å². The molecule has 1 saturated heterocycles. The molecule has 0 radical (unpaired) electrons. The Balaban J connectivity index is 1.52. The molecule has 160 valence electrons. The number of halogens is 2. The molecular weight excluding hydrogens is 414 g/mol. The molecule has 0 amide bonds. The van der Waals surface area contributed by atoms with Crippen molar-refractivity contribution < 1.29 is 18.6 Å². The number of aromatic nitrogens is 4. The molecule has 30 heavy (non-hydrogen) atoms. The molecule has 1 fully saturated rings. The Morgan fingerprint density at radius 2 is 2.23 bits per heavy atom. The Morgan fingerprint density at radius 1 is 1.40 bits per heavy atom. The first-order valence-electron chi connectivity index (χ1n) is 9.47. The Morgan fingerprint density at radius 3 is 3.03 bits per heavy atom. The molecule has 0 spiro atoms. The van der Waals surface area contributed by atoms with Crippen LogP contribution in [0.1, 0.15) is 36.6 Å². The van der Waals surface area contributed by atoms with Crippen molar-refractivity contribution >= 4 is 17.0 Å². The number of nitrogens with one attached hydrogen (secondary N) is 1. The third-order valence-corrected chi connectivity index (χ3v) is 5.96. The fourth-order valence-corrected chi connectivity index (χ4v) is 4.27. The Hall–Kier alpha value is -2.47. The summed E-state index contributed by atoms with van der Waals surface area (Å²) in [5.41, 5.74) is 7.71. The molecule has 0 bridgehead atoms. The lowest BCUT2D eigenvalue weighted by atomic mass is 10.0. The number of aliphatic hydroxyl groups excluding tert-OH is 1. The van der Waals surface area contributed by atoms with Crippen molar-refractivity contribution in [1.82, 2.24) is 19.7 Å². The number of aryl methyl sites for hydroxylation is 1. The SMILES string of the molecule is Cn1ncc(NC(O)c2csc(-c3ccncc3F)n2)c1[C@@H]1CC[C@@H](N)[C@H](F)CO1. The van der Waals surface area contributed by atoms with Gasteiger partial charge in [-0.3, -0.25) is 9.67 Å². The minimum absolute atomic E-state index is 0.0913. The van der Waals surface area contributed by atoms with Crippen molar-refractivity contribution in [3.63, 3.8) is 0 Å². The van der Waals surface area contributed by atoms with Gasteiger partial charge in [-0.05, 0) is 18.9 Å². The number of thiazole rings is 1. The third-order valence-electron chi connectivity index (χ3n) is 5.07. The molecule has 0 saturated carbocycles. The average molecular weight is 436 g/mol. The third kappa shape index (κ3) is 4.19. The maximum atomic E-state index is 13.9. The van der Waals surface area contributed by atoms with Crippen LogP contribution in [0.3, 0.4) is 0 Å². The van der Waals surface area contributed by atoms with E-state index in [9.17, 15) is 13.9 Å². The number of pyridine rings is 1. The van der Waals surface area contributed by atoms with Gasteiger partial charge in [0.15, 0.2) is 12.0 Å². The molecule has 8 nitrogen and oxygen atoms in total. The molecule has 3 aromatic heterocycles. The van der Waals surface area contributed by atoms with Gasteiger partial charge in [-0.15, -0.1) is 11.3 Å². The summed E-state index contributed by atoms with van der Waals surface area (Å²) < 4.78 is 35.2. The Kier molecular flexibility index (Phi) is 6.04. The summed E-state index contributed by atoms with van der Waals surface area (Å²) in [4.78, 5) is 8.06. The summed E-state index contributed by atoms with van der Waals surface area (Å²) in [5.74, 6) is -0.481. The highest BCUT2D eigenvalue weighted by atomic mass is 32.1. The van der Waals surface area contributed by atoms with E-state index in [0.29, 0.717) is 40.5 Å². The molecule has 4 heterocycles. The number of hydrogen-bond donors (Lipinski definition) is 3. The summed E-state index contributed by atoms with van der Waals surface area (Å²) in [5, 5.41) is 19.9. The standard InChI is InChI=1S/C19H22F2N6O2S/c1-27-17(16-3-2-13(22)12(21)8-29-16)14(7-24-27)25-18(28)15-9-30-19(26-15)10-4-5-23-6-11(10)20/h4-7,9,12-13,16,18,25,28H,2-3,8,22H2,1H3/t12-,13-,16+,18?/m1/s1. The van der Waals surface area contributed by atoms with E-state index in [2.05, 4.69) is 20.4 Å². The van der Waals surface area contributed by atoms with Crippen molar-refractivity contribution in [2.24, 2.45) is 12.8 Å². The predicted molar refractivity (Wildman–Crippen MR) is 108 cm³/mol. The number of hydrogen-bond acceptors (Lipinski definition) is 8. The van der Waals surface area contributed by atoms with E-state index in [1.165, 1.54) is 23.6 Å². The van der Waals surface area contributed by atoms with Gasteiger partial charge in [-0.2, -0.15) is 5.10 Å². The van der Waals surface area contributed by atoms with E-state index < -0.39 is 30.4 Å². The summed E-state index contributed by atoms with van der Waals surface area (Å²) in [6.07, 6.45) is 2.41. The summed E-state index contributed by atoms with van der Waals surface area (Å²) in [6, 6.07) is 0.968. The zero-order valence-corrected chi connectivity index (χ0v) is 17.0. The van der Waals surface area contributed by atoms with E-state index in [1.54, 1.807) is 23.3 Å². The van der Waals surface area contributed by atoms with E-state index in [0.717, 1.165) is 6.20 Å². The number of ether oxygens (including phenoxy) is 1. The number of nitrogens with zero attached hydrogens (tertiary/aromatic N) is 4. The zero-order chi connectivity index (χ0) is 21.3. The van der Waals surface area contributed by atoms with Gasteiger partial charge in [0.25, 0.3) is 0 Å². The highest BCUT2D eigenvalue weighted by Gasteiger charge is 2.30. The van der Waals surface area contributed by atoms with Gasteiger partial charge in [0.05, 0.1) is 30.4 Å². The molecule has 4 N–H and O–H groups in total. The first-order valence-corrected chi connectivity index (χ1v) is 10.3. The fourth-order valence-electron chi connectivity index (χ4n) is 3.40. The maximum absolute atomic E-state index is 13.9. The molecule has 0 aliphatic carbocycles. The van der Waals surface area contributed by atoms with Crippen molar-refractivity contribution in [2.45, 2.75) is 37.4 Å². The summed E-state index contributed by atoms with van der Waals surface area (Å²) in [6.45, 7) is -0.0913. The quantitative estimate of drug-likeness (QED) is 0.527. The minimum Gasteiger partial charge on any atom is -0.369 e. The van der Waals surface area contributed by atoms with Gasteiger partial charge in [0.2, 0.25) is 0 Å². The van der Waals surface area contributed by atoms with Crippen LogP contribution in [0.4, 0.5) is 14.5 Å². The van der Waals surface area contributed by atoms with Gasteiger partial charge >= 0.3 is 0 Å². The van der Waals surface area contributed by atoms with Crippen LogP contribution in [0.15, 0.2) is 30.0 Å². The highest BCUT2D eigenvalue weighted by Crippen LogP contribution is 2.34. The fraction of sp³-hybridized carbons (Fsp3) is 0.421. The second-order valence-corrected chi connectivity index (χ2v) is 7.98. The van der Waals surface area contributed by atoms with Gasteiger partial charge in [0.1, 0.15) is 23.0 Å². The second kappa shape index (κ2) is 8.72. The first kappa shape index (κ1) is 20.8. The smallest absolute Gasteiger partial charge is 0.169 e. The lowest BCUT2D eigenvalue weighted by molar-refractivity contribution is 0.0246. The molecule has 0 aromatic carbocycles. The van der Waals surface area contributed by atoms with Gasteiger partial charge < -0.3 is 20.9 Å². The van der Waals surface area contributed by atoms with E-state index in [1.807, 2.05) is 0 Å². The van der Waals surface area contributed by atoms with Crippen molar-refractivity contribution in [3.8, 4) is 10.6 Å². The van der Waals surface area contributed by atoms with Gasteiger partial charge in [-0.25, -0.2) is 13.8 Å². The Bertz CT molecular complexity index is 1000. The zero-order valence-electron chi connectivity index (χ0n) is 16.2. The molecule has 1 aliphatic heterocycles. The van der Waals surface area contributed by atoms with Crippen LogP contribution in [0.25, 0.3) is 10.6 Å². The topological polar surface area (TPSA) is 111 Å². The second-order valence-electron chi connectivity index (χ2n) is 7.13. The molecule has 3 aromatic rings. The monoisotopic (exact) mass is 436 g/mol. The predicted octanol–water partition coefficient (Wildman–Crippen LogP) is 2.70. The minimum atomic E-state index is -1.22. The van der Waals surface area contributed by atoms with Crippen LogP contribution in [0.5, 0.6) is 0 Å². The van der Waals surface area contributed by atoms with Crippen LogP contribution in [-0.2, 0) is 11.8 Å². The number of alkyl halides is 1. The van der Waals surface area contributed by atoms with Crippen LogP contribution < -0.4 is 11.1 Å². The number of anilines is 1. The lowest BCUT2D eigenvalue weighted by Crippen LogP contribution is -2.32. The van der Waals surface area contributed by atoms with Crippen molar-refractivity contribution in [2.75, 3.05) is 11.9 Å².